The molecule has 0 saturated heterocycles. The maximum absolute atomic E-state index is 9.54. The Morgan fingerprint density at radius 3 is 1.57 bits per heavy atom. The molecule has 0 aliphatic heterocycles. The van der Waals surface area contributed by atoms with Crippen molar-refractivity contribution in [2.24, 2.45) is 0 Å². The Morgan fingerprint density at radius 2 is 1.57 bits per heavy atom. The molecule has 0 saturated carbocycles. The second-order valence-electron chi connectivity index (χ2n) is 0.817. The van der Waals surface area contributed by atoms with Crippen molar-refractivity contribution in [3.05, 3.63) is 0 Å². The van der Waals surface area contributed by atoms with E-state index in [4.69, 9.17) is 0 Å². The van der Waals surface area contributed by atoms with Gasteiger partial charge >= 0.3 is 0 Å². The van der Waals surface area contributed by atoms with Crippen molar-refractivity contribution in [3.8, 4) is 0 Å². The van der Waals surface area contributed by atoms with E-state index in [1.54, 1.807) is 0 Å². The second-order valence-corrected chi connectivity index (χ2v) is 4.12. The van der Waals surface area contributed by atoms with E-state index in [0.717, 1.165) is 0 Å². The molecule has 0 atom stereocenters. The standard InChI is InChI=1S/CH3Cl2O3P/c2-1(3)7(4,5)6/h1H,(H2,4,5,6)/p-2. The van der Waals surface area contributed by atoms with E-state index in [1.807, 2.05) is 0 Å². The van der Waals surface area contributed by atoms with Crippen LogP contribution in [-0.2, 0) is 4.57 Å². The highest BCUT2D eigenvalue weighted by Crippen LogP contribution is 2.36. The van der Waals surface area contributed by atoms with Gasteiger partial charge in [-0.2, -0.15) is 0 Å². The van der Waals surface area contributed by atoms with Crippen LogP contribution in [0.3, 0.4) is 0 Å². The molecule has 0 aromatic rings. The van der Waals surface area contributed by atoms with Gasteiger partial charge in [0.2, 0.25) is 0 Å². The lowest BCUT2D eigenvalue weighted by atomic mass is 11.9. The Kier molecular flexibility index (Phi) is 2.58. The smallest absolute Gasteiger partial charge is 0.134 e. The van der Waals surface area contributed by atoms with Crippen LogP contribution in [0.25, 0.3) is 0 Å². The van der Waals surface area contributed by atoms with Crippen LogP contribution in [0, 0.1) is 0 Å². The Hall–Kier alpha value is 0.730. The van der Waals surface area contributed by atoms with Gasteiger partial charge in [-0.15, -0.1) is 0 Å². The zero-order chi connectivity index (χ0) is 6.08. The normalized spacial score (nSPS) is 12.7. The van der Waals surface area contributed by atoms with Gasteiger partial charge in [0.15, 0.2) is 0 Å². The van der Waals surface area contributed by atoms with Crippen molar-refractivity contribution in [2.75, 3.05) is 0 Å². The highest BCUT2D eigenvalue weighted by molar-refractivity contribution is 7.54. The van der Waals surface area contributed by atoms with Crippen LogP contribution in [-0.4, -0.2) is 4.58 Å². The van der Waals surface area contributed by atoms with E-state index in [1.165, 1.54) is 0 Å². The lowest BCUT2D eigenvalue weighted by Crippen LogP contribution is -2.18. The van der Waals surface area contributed by atoms with Gasteiger partial charge in [0.05, 0.1) is 0 Å². The van der Waals surface area contributed by atoms with E-state index in [0.29, 0.717) is 0 Å². The Balaban J connectivity index is 3.80. The van der Waals surface area contributed by atoms with Gasteiger partial charge in [-0.05, 0) is 7.60 Å². The average molecular weight is 163 g/mol. The van der Waals surface area contributed by atoms with Crippen LogP contribution >= 0.6 is 30.8 Å². The molecule has 0 aliphatic rings. The minimum Gasteiger partial charge on any atom is -0.809 e. The van der Waals surface area contributed by atoms with Crippen molar-refractivity contribution >= 4 is 30.8 Å². The molecule has 0 radical (unpaired) electrons. The van der Waals surface area contributed by atoms with Crippen LogP contribution in [0.5, 0.6) is 0 Å². The Labute approximate surface area is 50.4 Å². The second kappa shape index (κ2) is 2.33. The fourth-order valence-corrected chi connectivity index (χ4v) is 0. The molecule has 0 amide bonds. The molecule has 0 bridgehead atoms. The molecule has 0 aromatic heterocycles. The topological polar surface area (TPSA) is 63.2 Å². The highest BCUT2D eigenvalue weighted by Gasteiger charge is 2.00. The third-order valence-corrected chi connectivity index (χ3v) is 2.15. The van der Waals surface area contributed by atoms with Gasteiger partial charge in [-0.25, -0.2) is 0 Å². The van der Waals surface area contributed by atoms with Gasteiger partial charge in [-0.1, -0.05) is 23.2 Å². The fraction of sp³-hybridized carbons (Fsp3) is 1.00. The lowest BCUT2D eigenvalue weighted by Gasteiger charge is -2.29. The van der Waals surface area contributed by atoms with Crippen LogP contribution < -0.4 is 9.79 Å². The van der Waals surface area contributed by atoms with E-state index in [2.05, 4.69) is 23.2 Å². The Bertz CT molecular complexity index is 95.1. The van der Waals surface area contributed by atoms with Gasteiger partial charge in [0.1, 0.15) is 4.58 Å². The minimum absolute atomic E-state index is 1.81. The molecule has 3 nitrogen and oxygen atoms in total. The molecule has 0 heterocycles. The summed E-state index contributed by atoms with van der Waals surface area (Å²) < 4.78 is 7.73. The molecule has 6 heteroatoms. The molecule has 0 aliphatic carbocycles. The van der Waals surface area contributed by atoms with E-state index >= 15 is 0 Å². The fourth-order valence-electron chi connectivity index (χ4n) is 0. The first-order chi connectivity index (χ1) is 2.94. The molecule has 0 rings (SSSR count). The number of rotatable bonds is 1. The summed E-state index contributed by atoms with van der Waals surface area (Å²) in [5.74, 6) is 0. The highest BCUT2D eigenvalue weighted by atomic mass is 35.5. The molecular formula is CHCl2O3P-2. The molecule has 0 spiro atoms. The number of hydrogen-bond donors (Lipinski definition) is 0. The predicted octanol–water partition coefficient (Wildman–Crippen LogP) is -0.339. The first kappa shape index (κ1) is 7.73. The van der Waals surface area contributed by atoms with Gasteiger partial charge < -0.3 is 14.4 Å². The van der Waals surface area contributed by atoms with E-state index in [9.17, 15) is 14.4 Å². The van der Waals surface area contributed by atoms with E-state index < -0.39 is 12.2 Å². The Morgan fingerprint density at radius 1 is 1.43 bits per heavy atom. The summed E-state index contributed by atoms with van der Waals surface area (Å²) in [6.07, 6.45) is 0. The van der Waals surface area contributed by atoms with Crippen molar-refractivity contribution < 1.29 is 14.4 Å². The van der Waals surface area contributed by atoms with Gasteiger partial charge in [0, 0.05) is 0 Å². The molecule has 44 valence electrons. The first-order valence-corrected chi connectivity index (χ1v) is 3.73. The molecule has 0 unspecified atom stereocenters. The van der Waals surface area contributed by atoms with Crippen molar-refractivity contribution in [2.45, 2.75) is 4.58 Å². The monoisotopic (exact) mass is 162 g/mol. The van der Waals surface area contributed by atoms with Crippen molar-refractivity contribution in [1.29, 1.82) is 0 Å². The summed E-state index contributed by atoms with van der Waals surface area (Å²) in [6.45, 7) is 0. The first-order valence-electron chi connectivity index (χ1n) is 1.24. The minimum atomic E-state index is -4.71. The van der Waals surface area contributed by atoms with Crippen molar-refractivity contribution in [1.82, 2.24) is 0 Å². The summed E-state index contributed by atoms with van der Waals surface area (Å²) in [5.41, 5.74) is 0. The van der Waals surface area contributed by atoms with Gasteiger partial charge in [0.25, 0.3) is 0 Å². The molecular weight excluding hydrogens is 162 g/mol. The third kappa shape index (κ3) is 3.32. The predicted molar refractivity (Wildman–Crippen MR) is 23.1 cm³/mol. The lowest BCUT2D eigenvalue weighted by molar-refractivity contribution is -0.313. The van der Waals surface area contributed by atoms with Crippen molar-refractivity contribution in [3.63, 3.8) is 0 Å². The third-order valence-electron chi connectivity index (χ3n) is 0.239. The maximum Gasteiger partial charge on any atom is 0.134 e. The molecule has 0 fully saturated rings. The number of alkyl halides is 2. The summed E-state index contributed by atoms with van der Waals surface area (Å²) in [4.78, 5) is 19.1. The zero-order valence-electron chi connectivity index (χ0n) is 3.01. The SMILES string of the molecule is O=P([O-])([O-])C(Cl)Cl. The average Bonchev–Trinajstić information content (AvgIpc) is 1.31. The summed E-state index contributed by atoms with van der Waals surface area (Å²) >= 11 is 9.26. The van der Waals surface area contributed by atoms with Crippen LogP contribution in [0.2, 0.25) is 0 Å². The largest absolute Gasteiger partial charge is 0.809 e. The van der Waals surface area contributed by atoms with Crippen LogP contribution in [0.4, 0.5) is 0 Å². The van der Waals surface area contributed by atoms with Crippen LogP contribution in [0.1, 0.15) is 0 Å². The van der Waals surface area contributed by atoms with Gasteiger partial charge in [-0.3, -0.25) is 0 Å². The number of halogens is 2. The quantitative estimate of drug-likeness (QED) is 0.392. The van der Waals surface area contributed by atoms with Crippen LogP contribution in [0.15, 0.2) is 0 Å². The summed E-state index contributed by atoms with van der Waals surface area (Å²) in [5, 5.41) is 0. The molecule has 7 heavy (non-hydrogen) atoms. The molecule has 0 N–H and O–H groups in total. The maximum atomic E-state index is 9.54. The summed E-state index contributed by atoms with van der Waals surface area (Å²) in [6, 6.07) is 0. The number of hydrogen-bond acceptors (Lipinski definition) is 3. The molecule has 0 aromatic carbocycles. The summed E-state index contributed by atoms with van der Waals surface area (Å²) in [7, 11) is -4.71. The van der Waals surface area contributed by atoms with E-state index in [-0.39, 0.29) is 0 Å². The zero-order valence-corrected chi connectivity index (χ0v) is 5.41.